The number of hydrogen-bond donors (Lipinski definition) is 2. The maximum absolute atomic E-state index is 13.3. The summed E-state index contributed by atoms with van der Waals surface area (Å²) < 4.78 is 0. The van der Waals surface area contributed by atoms with Crippen molar-refractivity contribution in [3.05, 3.63) is 69.3 Å². The number of imide groups is 1. The lowest BCUT2D eigenvalue weighted by atomic mass is 10.1. The van der Waals surface area contributed by atoms with Crippen LogP contribution in [0.25, 0.3) is 0 Å². The largest absolute Gasteiger partial charge is 0.481 e. The predicted octanol–water partition coefficient (Wildman–Crippen LogP) is 2.54. The van der Waals surface area contributed by atoms with E-state index in [9.17, 15) is 24.5 Å². The molecule has 0 radical (unpaired) electrons. The van der Waals surface area contributed by atoms with Crippen molar-refractivity contribution in [3.8, 4) is 11.8 Å². The summed E-state index contributed by atoms with van der Waals surface area (Å²) in [6.45, 7) is 0.289. The summed E-state index contributed by atoms with van der Waals surface area (Å²) in [5.41, 5.74) is 7.29. The van der Waals surface area contributed by atoms with Gasteiger partial charge in [0, 0.05) is 37.2 Å². The van der Waals surface area contributed by atoms with Crippen LogP contribution in [0.4, 0.5) is 11.4 Å². The number of nitrogens with two attached hydrogens (primary N) is 1. The second-order valence-electron chi connectivity index (χ2n) is 8.06. The number of carbonyl (C=O) groups excluding carboxylic acids is 2. The molecule has 35 heavy (non-hydrogen) atoms. The average Bonchev–Trinajstić information content (AvgIpc) is 2.92. The van der Waals surface area contributed by atoms with Crippen molar-refractivity contribution in [1.29, 1.82) is 0 Å². The molecule has 1 aliphatic heterocycles. The van der Waals surface area contributed by atoms with Crippen molar-refractivity contribution >= 4 is 29.2 Å². The minimum atomic E-state index is -1.12. The highest BCUT2D eigenvalue weighted by atomic mass is 16.6. The number of aliphatic carboxylic acids is 1. The van der Waals surface area contributed by atoms with Gasteiger partial charge in [0.25, 0.3) is 11.6 Å². The van der Waals surface area contributed by atoms with E-state index in [-0.39, 0.29) is 37.3 Å². The van der Waals surface area contributed by atoms with E-state index in [1.54, 1.807) is 35.2 Å². The molecule has 0 saturated carbocycles. The van der Waals surface area contributed by atoms with Gasteiger partial charge in [-0.1, -0.05) is 24.0 Å². The molecule has 0 saturated heterocycles. The number of amides is 2. The maximum atomic E-state index is 13.3. The van der Waals surface area contributed by atoms with Crippen molar-refractivity contribution in [3.63, 3.8) is 0 Å². The molecule has 0 bridgehead atoms. The number of nitro benzene ring substituents is 1. The van der Waals surface area contributed by atoms with Crippen LogP contribution >= 0.6 is 0 Å². The summed E-state index contributed by atoms with van der Waals surface area (Å²) in [7, 11) is 0. The van der Waals surface area contributed by atoms with Gasteiger partial charge in [-0.25, -0.2) is 0 Å². The number of fused-ring (bicyclic) bond motifs is 1. The normalized spacial score (nSPS) is 13.1. The van der Waals surface area contributed by atoms with Crippen LogP contribution in [0.3, 0.4) is 0 Å². The fourth-order valence-electron chi connectivity index (χ4n) is 3.74. The Hall–Kier alpha value is -4.23. The molecule has 0 atom stereocenters. The van der Waals surface area contributed by atoms with Gasteiger partial charge < -0.3 is 15.7 Å². The third kappa shape index (κ3) is 6.65. The number of nitrogens with zero attached hydrogens (tertiary/aromatic N) is 3. The zero-order chi connectivity index (χ0) is 25.4. The van der Waals surface area contributed by atoms with Gasteiger partial charge in [-0.3, -0.25) is 29.4 Å². The number of rotatable bonds is 9. The quantitative estimate of drug-likeness (QED) is 0.184. The Balaban J connectivity index is 1.97. The number of anilines is 1. The number of non-ortho nitro benzene ring substituents is 1. The molecule has 1 heterocycles. The Morgan fingerprint density at radius 1 is 1.17 bits per heavy atom. The van der Waals surface area contributed by atoms with Crippen LogP contribution in [0.15, 0.2) is 42.5 Å². The van der Waals surface area contributed by atoms with Crippen LogP contribution in [-0.2, 0) is 16.1 Å². The van der Waals surface area contributed by atoms with Gasteiger partial charge in [-0.15, -0.1) is 0 Å². The van der Waals surface area contributed by atoms with Crippen LogP contribution in [0.5, 0.6) is 0 Å². The lowest BCUT2D eigenvalue weighted by Gasteiger charge is -2.23. The van der Waals surface area contributed by atoms with Gasteiger partial charge in [-0.05, 0) is 43.1 Å². The number of benzene rings is 2. The average molecular weight is 479 g/mol. The van der Waals surface area contributed by atoms with E-state index >= 15 is 0 Å². The fraction of sp³-hybridized carbons (Fsp3) is 0.320. The van der Waals surface area contributed by atoms with Crippen LogP contribution < -0.4 is 10.6 Å². The predicted molar refractivity (Wildman–Crippen MR) is 129 cm³/mol. The molecule has 10 heteroatoms. The number of nitro groups is 1. The zero-order valence-electron chi connectivity index (χ0n) is 19.1. The van der Waals surface area contributed by atoms with E-state index < -0.39 is 22.7 Å². The van der Waals surface area contributed by atoms with E-state index in [2.05, 4.69) is 11.8 Å². The first-order chi connectivity index (χ1) is 16.8. The van der Waals surface area contributed by atoms with Gasteiger partial charge >= 0.3 is 5.97 Å². The maximum Gasteiger partial charge on any atom is 0.305 e. The standard InChI is InChI=1S/C25H26N4O6/c26-12-4-2-1-3-6-18-9-10-22-21(15-18)25(33)28(13-11-24(31)32)23(30)17-27(22)16-19-7-5-8-20(14-19)29(34)35/h5,7-10,14-15H,1-2,4,11-13,16-17,26H2,(H,31,32). The minimum Gasteiger partial charge on any atom is -0.481 e. The van der Waals surface area contributed by atoms with Crippen LogP contribution in [-0.4, -0.2) is 52.3 Å². The summed E-state index contributed by atoms with van der Waals surface area (Å²) >= 11 is 0. The lowest BCUT2D eigenvalue weighted by Crippen LogP contribution is -2.41. The molecule has 2 aromatic carbocycles. The molecule has 0 aromatic heterocycles. The summed E-state index contributed by atoms with van der Waals surface area (Å²) in [5.74, 6) is 3.80. The third-order valence-electron chi connectivity index (χ3n) is 5.47. The van der Waals surface area contributed by atoms with Crippen LogP contribution in [0.2, 0.25) is 0 Å². The third-order valence-corrected chi connectivity index (χ3v) is 5.47. The van der Waals surface area contributed by atoms with Gasteiger partial charge in [-0.2, -0.15) is 0 Å². The molecule has 0 aliphatic carbocycles. The number of carbonyl (C=O) groups is 3. The first-order valence-corrected chi connectivity index (χ1v) is 11.2. The van der Waals surface area contributed by atoms with Crippen molar-refractivity contribution < 1.29 is 24.4 Å². The molecule has 3 rings (SSSR count). The van der Waals surface area contributed by atoms with E-state index in [0.717, 1.165) is 17.7 Å². The fourth-order valence-corrected chi connectivity index (χ4v) is 3.74. The van der Waals surface area contributed by atoms with Crippen LogP contribution in [0, 0.1) is 22.0 Å². The van der Waals surface area contributed by atoms with Crippen LogP contribution in [0.1, 0.15) is 47.2 Å². The Morgan fingerprint density at radius 2 is 1.97 bits per heavy atom. The van der Waals surface area contributed by atoms with Crippen molar-refractivity contribution in [2.45, 2.75) is 32.2 Å². The highest BCUT2D eigenvalue weighted by Crippen LogP contribution is 2.29. The molecule has 10 nitrogen and oxygen atoms in total. The number of unbranched alkanes of at least 4 members (excludes halogenated alkanes) is 2. The van der Waals surface area contributed by atoms with E-state index in [0.29, 0.717) is 29.8 Å². The number of hydrogen-bond acceptors (Lipinski definition) is 7. The molecule has 3 N–H and O–H groups in total. The Bertz CT molecular complexity index is 1200. The van der Waals surface area contributed by atoms with E-state index in [4.69, 9.17) is 10.8 Å². The van der Waals surface area contributed by atoms with Crippen molar-refractivity contribution in [2.75, 3.05) is 24.5 Å². The first-order valence-electron chi connectivity index (χ1n) is 11.2. The van der Waals surface area contributed by atoms with Gasteiger partial charge in [0.15, 0.2) is 0 Å². The van der Waals surface area contributed by atoms with Crippen molar-refractivity contribution in [2.24, 2.45) is 5.73 Å². The van der Waals surface area contributed by atoms with Gasteiger partial charge in [0.2, 0.25) is 5.91 Å². The van der Waals surface area contributed by atoms with Crippen molar-refractivity contribution in [1.82, 2.24) is 4.90 Å². The smallest absolute Gasteiger partial charge is 0.305 e. The molecule has 1 aliphatic rings. The monoisotopic (exact) mass is 478 g/mol. The summed E-state index contributed by atoms with van der Waals surface area (Å²) in [4.78, 5) is 50.6. The summed E-state index contributed by atoms with van der Waals surface area (Å²) in [5, 5.41) is 20.2. The topological polar surface area (TPSA) is 147 Å². The Labute approximate surface area is 202 Å². The lowest BCUT2D eigenvalue weighted by molar-refractivity contribution is -0.384. The Morgan fingerprint density at radius 3 is 2.69 bits per heavy atom. The zero-order valence-corrected chi connectivity index (χ0v) is 19.1. The first kappa shape index (κ1) is 25.4. The summed E-state index contributed by atoms with van der Waals surface area (Å²) in [6, 6.07) is 11.1. The van der Waals surface area contributed by atoms with E-state index in [1.807, 2.05) is 0 Å². The SMILES string of the molecule is NCCCCC#Cc1ccc2c(c1)C(=O)N(CCC(=O)O)C(=O)CN2Cc1cccc([N+](=O)[O-])c1. The van der Waals surface area contributed by atoms with Gasteiger partial charge in [0.05, 0.1) is 29.1 Å². The highest BCUT2D eigenvalue weighted by molar-refractivity contribution is 6.11. The minimum absolute atomic E-state index is 0.0803. The summed E-state index contributed by atoms with van der Waals surface area (Å²) in [6.07, 6.45) is 2.01. The molecular weight excluding hydrogens is 452 g/mol. The molecule has 182 valence electrons. The molecule has 2 amide bonds. The van der Waals surface area contributed by atoms with E-state index in [1.165, 1.54) is 12.1 Å². The molecule has 0 spiro atoms. The number of carboxylic acid groups (broad SMARTS) is 1. The number of carboxylic acids is 1. The molecule has 0 unspecified atom stereocenters. The Kier molecular flexibility index (Phi) is 8.53. The molecule has 2 aromatic rings. The van der Waals surface area contributed by atoms with Gasteiger partial charge in [0.1, 0.15) is 0 Å². The molecule has 0 fully saturated rings. The molecular formula is C25H26N4O6. The highest BCUT2D eigenvalue weighted by Gasteiger charge is 2.32. The second kappa shape index (κ2) is 11.8. The second-order valence-corrected chi connectivity index (χ2v) is 8.06.